The van der Waals surface area contributed by atoms with Gasteiger partial charge in [-0.05, 0) is 94.7 Å². The van der Waals surface area contributed by atoms with Crippen LogP contribution in [0.1, 0.15) is 5.56 Å². The topological polar surface area (TPSA) is 53.3 Å². The van der Waals surface area contributed by atoms with Crippen LogP contribution in [0.4, 0.5) is 17.1 Å². The number of furan rings is 2. The Bertz CT molecular complexity index is 2790. The van der Waals surface area contributed by atoms with Crippen molar-refractivity contribution in [1.29, 1.82) is 5.26 Å². The van der Waals surface area contributed by atoms with Gasteiger partial charge in [-0.3, -0.25) is 0 Å². The Hall–Kier alpha value is -6.83. The summed E-state index contributed by atoms with van der Waals surface area (Å²) in [5.74, 6) is 0. The van der Waals surface area contributed by atoms with E-state index in [0.717, 1.165) is 93.6 Å². The molecule has 2 heterocycles. The second-order valence-electron chi connectivity index (χ2n) is 12.5. The van der Waals surface area contributed by atoms with E-state index < -0.39 is 0 Å². The van der Waals surface area contributed by atoms with E-state index in [1.807, 2.05) is 48.5 Å². The Labute approximate surface area is 281 Å². The molecule has 49 heavy (non-hydrogen) atoms. The maximum absolute atomic E-state index is 9.27. The minimum Gasteiger partial charge on any atom is -0.455 e. The lowest BCUT2D eigenvalue weighted by atomic mass is 10.0. The molecule has 0 amide bonds. The highest BCUT2D eigenvalue weighted by molar-refractivity contribution is 6.17. The Morgan fingerprint density at radius 1 is 0.408 bits per heavy atom. The first-order chi connectivity index (χ1) is 24.2. The van der Waals surface area contributed by atoms with E-state index in [-0.39, 0.29) is 0 Å². The van der Waals surface area contributed by atoms with Gasteiger partial charge in [-0.25, -0.2) is 0 Å². The minimum absolute atomic E-state index is 0.649. The maximum atomic E-state index is 9.27. The summed E-state index contributed by atoms with van der Waals surface area (Å²) < 4.78 is 13.0. The molecule has 10 aromatic rings. The van der Waals surface area contributed by atoms with Crippen molar-refractivity contribution in [3.8, 4) is 17.2 Å². The van der Waals surface area contributed by atoms with Gasteiger partial charge in [-0.1, -0.05) is 84.9 Å². The van der Waals surface area contributed by atoms with Gasteiger partial charge in [0, 0.05) is 49.4 Å². The fourth-order valence-corrected chi connectivity index (χ4v) is 7.25. The second-order valence-corrected chi connectivity index (χ2v) is 12.5. The maximum Gasteiger partial charge on any atom is 0.143 e. The van der Waals surface area contributed by atoms with E-state index in [9.17, 15) is 5.26 Å². The van der Waals surface area contributed by atoms with Crippen LogP contribution < -0.4 is 4.90 Å². The lowest BCUT2D eigenvalue weighted by molar-refractivity contribution is 0.672. The van der Waals surface area contributed by atoms with Crippen LogP contribution in [0.3, 0.4) is 0 Å². The van der Waals surface area contributed by atoms with Crippen LogP contribution in [0.25, 0.3) is 76.5 Å². The fourth-order valence-electron chi connectivity index (χ4n) is 7.25. The first kappa shape index (κ1) is 27.3. The zero-order chi connectivity index (χ0) is 32.5. The number of fused-ring (bicyclic) bond motifs is 10. The third kappa shape index (κ3) is 4.30. The molecule has 0 saturated carbocycles. The van der Waals surface area contributed by atoms with E-state index in [0.29, 0.717) is 5.56 Å². The minimum atomic E-state index is 0.649. The summed E-state index contributed by atoms with van der Waals surface area (Å²) in [6.45, 7) is 0. The smallest absolute Gasteiger partial charge is 0.143 e. The van der Waals surface area contributed by atoms with Crippen LogP contribution in [0.5, 0.6) is 0 Å². The zero-order valence-electron chi connectivity index (χ0n) is 26.2. The van der Waals surface area contributed by atoms with Gasteiger partial charge in [0.1, 0.15) is 22.3 Å². The summed E-state index contributed by atoms with van der Waals surface area (Å²) >= 11 is 0. The van der Waals surface area contributed by atoms with E-state index in [1.54, 1.807) is 0 Å². The third-order valence-electron chi connectivity index (χ3n) is 9.68. The van der Waals surface area contributed by atoms with Crippen LogP contribution in [-0.2, 0) is 0 Å². The first-order valence-electron chi connectivity index (χ1n) is 16.3. The molecule has 0 aliphatic heterocycles. The van der Waals surface area contributed by atoms with E-state index in [4.69, 9.17) is 8.83 Å². The highest BCUT2D eigenvalue weighted by atomic mass is 16.3. The summed E-state index contributed by atoms with van der Waals surface area (Å²) in [6.07, 6.45) is 0. The third-order valence-corrected chi connectivity index (χ3v) is 9.68. The molecule has 0 aliphatic carbocycles. The van der Waals surface area contributed by atoms with Crippen molar-refractivity contribution in [3.05, 3.63) is 163 Å². The molecular formula is C45H26N2O2. The van der Waals surface area contributed by atoms with Crippen molar-refractivity contribution in [2.75, 3.05) is 4.90 Å². The normalized spacial score (nSPS) is 11.7. The van der Waals surface area contributed by atoms with Crippen molar-refractivity contribution in [1.82, 2.24) is 0 Å². The Balaban J connectivity index is 1.19. The molecule has 4 heteroatoms. The average molecular weight is 627 g/mol. The number of benzene rings is 8. The molecule has 0 saturated heterocycles. The van der Waals surface area contributed by atoms with E-state index >= 15 is 0 Å². The summed E-state index contributed by atoms with van der Waals surface area (Å²) in [4.78, 5) is 2.30. The predicted molar refractivity (Wildman–Crippen MR) is 201 cm³/mol. The molecule has 8 aromatic carbocycles. The van der Waals surface area contributed by atoms with Crippen LogP contribution in [0.2, 0.25) is 0 Å². The lowest BCUT2D eigenvalue weighted by Gasteiger charge is -2.26. The first-order valence-corrected chi connectivity index (χ1v) is 16.3. The van der Waals surface area contributed by atoms with Crippen molar-refractivity contribution in [2.45, 2.75) is 0 Å². The highest BCUT2D eigenvalue weighted by Gasteiger charge is 2.18. The van der Waals surface area contributed by atoms with Gasteiger partial charge in [-0.15, -0.1) is 0 Å². The van der Waals surface area contributed by atoms with Crippen LogP contribution in [-0.4, -0.2) is 0 Å². The molecule has 0 aliphatic rings. The van der Waals surface area contributed by atoms with E-state index in [1.165, 1.54) is 0 Å². The van der Waals surface area contributed by atoms with Crippen LogP contribution in [0.15, 0.2) is 167 Å². The van der Waals surface area contributed by atoms with Gasteiger partial charge >= 0.3 is 0 Å². The number of rotatable bonds is 4. The van der Waals surface area contributed by atoms with Crippen molar-refractivity contribution >= 4 is 82.5 Å². The molecule has 0 bridgehead atoms. The molecule has 10 rings (SSSR count). The number of hydrogen-bond acceptors (Lipinski definition) is 4. The van der Waals surface area contributed by atoms with Crippen LogP contribution in [0, 0.1) is 11.3 Å². The highest BCUT2D eigenvalue weighted by Crippen LogP contribution is 2.42. The molecule has 0 unspecified atom stereocenters. The molecular weight excluding hydrogens is 601 g/mol. The summed E-state index contributed by atoms with van der Waals surface area (Å²) in [6, 6.07) is 56.8. The predicted octanol–water partition coefficient (Wildman–Crippen LogP) is 12.8. The van der Waals surface area contributed by atoms with Crippen LogP contribution >= 0.6 is 0 Å². The molecule has 0 atom stereocenters. The average Bonchev–Trinajstić information content (AvgIpc) is 3.74. The summed E-state index contributed by atoms with van der Waals surface area (Å²) in [5, 5.41) is 18.1. The summed E-state index contributed by atoms with van der Waals surface area (Å²) in [7, 11) is 0. The van der Waals surface area contributed by atoms with Gasteiger partial charge in [0.05, 0.1) is 11.6 Å². The van der Waals surface area contributed by atoms with Gasteiger partial charge in [0.2, 0.25) is 0 Å². The van der Waals surface area contributed by atoms with Crippen molar-refractivity contribution in [2.24, 2.45) is 0 Å². The molecule has 0 fully saturated rings. The Kier molecular flexibility index (Phi) is 5.90. The van der Waals surface area contributed by atoms with Gasteiger partial charge in [0.25, 0.3) is 0 Å². The number of hydrogen-bond donors (Lipinski definition) is 0. The van der Waals surface area contributed by atoms with Gasteiger partial charge in [0.15, 0.2) is 0 Å². The fraction of sp³-hybridized carbons (Fsp3) is 0. The Morgan fingerprint density at radius 2 is 0.857 bits per heavy atom. The summed E-state index contributed by atoms with van der Waals surface area (Å²) in [5.41, 5.74) is 9.39. The van der Waals surface area contributed by atoms with Gasteiger partial charge < -0.3 is 13.7 Å². The monoisotopic (exact) mass is 626 g/mol. The lowest BCUT2D eigenvalue weighted by Crippen LogP contribution is -2.10. The Morgan fingerprint density at radius 3 is 1.37 bits per heavy atom. The number of anilines is 3. The molecule has 0 radical (unpaired) electrons. The molecule has 0 N–H and O–H groups in total. The molecule has 2 aromatic heterocycles. The number of nitrogens with zero attached hydrogens (tertiary/aromatic N) is 2. The SMILES string of the molecule is N#Cc1ccc(-c2ccc(N(c3ccc4ccc5c6ccccc6oc5c4c3)c3ccc4ccc5c6ccccc6oc5c4c3)cc2)cc1. The zero-order valence-corrected chi connectivity index (χ0v) is 26.2. The van der Waals surface area contributed by atoms with Crippen molar-refractivity contribution in [3.63, 3.8) is 0 Å². The van der Waals surface area contributed by atoms with E-state index in [2.05, 4.69) is 120 Å². The molecule has 4 nitrogen and oxygen atoms in total. The van der Waals surface area contributed by atoms with Gasteiger partial charge in [-0.2, -0.15) is 5.26 Å². The quantitative estimate of drug-likeness (QED) is 0.195. The molecule has 0 spiro atoms. The second kappa shape index (κ2) is 10.6. The number of para-hydroxylation sites is 2. The van der Waals surface area contributed by atoms with Crippen molar-refractivity contribution < 1.29 is 8.83 Å². The number of nitriles is 1. The standard InChI is InChI=1S/C45H26N2O2/c46-27-28-9-11-29(12-10-28)30-13-19-33(20-14-30)47(34-21-15-31-17-23-38-36-5-1-3-7-42(36)48-44(38)40(31)25-34)35-22-16-32-18-24-39-37-6-2-4-8-43(37)49-45(39)41(32)26-35/h1-26H. The largest absolute Gasteiger partial charge is 0.455 e. The molecule has 228 valence electrons.